The van der Waals surface area contributed by atoms with Crippen LogP contribution in [0, 0.1) is 11.8 Å². The Balaban J connectivity index is 1.92. The summed E-state index contributed by atoms with van der Waals surface area (Å²) in [5.41, 5.74) is 0. The van der Waals surface area contributed by atoms with Crippen molar-refractivity contribution in [2.24, 2.45) is 11.8 Å². The number of rotatable bonds is 2. The van der Waals surface area contributed by atoms with Crippen LogP contribution in [0.15, 0.2) is 12.7 Å². The highest BCUT2D eigenvalue weighted by Crippen LogP contribution is 2.46. The molecule has 1 nitrogen and oxygen atoms in total. The van der Waals surface area contributed by atoms with Gasteiger partial charge in [0.2, 0.25) is 0 Å². The van der Waals surface area contributed by atoms with Crippen molar-refractivity contribution in [1.29, 1.82) is 0 Å². The third-order valence-corrected chi connectivity index (χ3v) is 4.96. The number of hydrogen-bond acceptors (Lipinski definition) is 1. The summed E-state index contributed by atoms with van der Waals surface area (Å²) in [4.78, 5) is 0. The first-order valence-corrected chi connectivity index (χ1v) is 7.27. The van der Waals surface area contributed by atoms with Crippen LogP contribution < -0.4 is 0 Å². The molecule has 0 bridgehead atoms. The fourth-order valence-corrected chi connectivity index (χ4v) is 3.60. The maximum absolute atomic E-state index is 5.91. The summed E-state index contributed by atoms with van der Waals surface area (Å²) in [6.45, 7) is 3.85. The van der Waals surface area contributed by atoms with Crippen molar-refractivity contribution >= 4 is 25.2 Å². The van der Waals surface area contributed by atoms with Crippen molar-refractivity contribution < 1.29 is 4.74 Å². The molecule has 0 amide bonds. The predicted molar refractivity (Wildman–Crippen MR) is 60.8 cm³/mol. The van der Waals surface area contributed by atoms with E-state index in [1.165, 1.54) is 19.3 Å². The Labute approximate surface area is 83.9 Å². The molecule has 0 aromatic rings. The van der Waals surface area contributed by atoms with Gasteiger partial charge in [-0.1, -0.05) is 31.3 Å². The van der Waals surface area contributed by atoms with E-state index in [2.05, 4.69) is 17.2 Å². The Morgan fingerprint density at radius 2 is 2.25 bits per heavy atom. The molecular formula is C10H15IO. The van der Waals surface area contributed by atoms with E-state index in [0.717, 1.165) is 11.8 Å². The Hall–Kier alpha value is 0.300. The van der Waals surface area contributed by atoms with Gasteiger partial charge >= 0.3 is 0 Å². The first-order valence-electron chi connectivity index (χ1n) is 4.50. The van der Waals surface area contributed by atoms with E-state index in [1.807, 2.05) is 0 Å². The van der Waals surface area contributed by atoms with Gasteiger partial charge < -0.3 is 4.74 Å². The van der Waals surface area contributed by atoms with Crippen molar-refractivity contribution in [2.75, 3.05) is 0 Å². The molecule has 2 heteroatoms. The summed E-state index contributed by atoms with van der Waals surface area (Å²) in [6.07, 6.45) is 6.48. The monoisotopic (exact) mass is 278 g/mol. The van der Waals surface area contributed by atoms with Gasteiger partial charge in [0.05, 0.1) is 6.10 Å². The lowest BCUT2D eigenvalue weighted by Crippen LogP contribution is -2.46. The third kappa shape index (κ3) is 1.39. The zero-order valence-corrected chi connectivity index (χ0v) is 9.37. The van der Waals surface area contributed by atoms with Crippen molar-refractivity contribution in [3.8, 4) is 0 Å². The molecule has 2 aliphatic rings. The standard InChI is InChI=1S/C10H15IO/c1-3-7-6-9-8(7)4-5-10(11-2)12-9/h3,7-10H,1-2,4-6H2. The van der Waals surface area contributed by atoms with E-state index < -0.39 is 0 Å². The van der Waals surface area contributed by atoms with Crippen LogP contribution in [0.3, 0.4) is 0 Å². The minimum absolute atomic E-state index is 0.0565. The van der Waals surface area contributed by atoms with Crippen molar-refractivity contribution in [2.45, 2.75) is 29.5 Å². The summed E-state index contributed by atoms with van der Waals surface area (Å²) >= 11 is 0.0565. The Morgan fingerprint density at radius 3 is 2.83 bits per heavy atom. The van der Waals surface area contributed by atoms with Crippen molar-refractivity contribution in [3.63, 3.8) is 0 Å². The topological polar surface area (TPSA) is 9.23 Å². The molecule has 2 fully saturated rings. The van der Waals surface area contributed by atoms with Crippen LogP contribution in [0.4, 0.5) is 0 Å². The molecule has 68 valence electrons. The van der Waals surface area contributed by atoms with Gasteiger partial charge in [-0.05, 0) is 31.1 Å². The van der Waals surface area contributed by atoms with E-state index in [1.54, 1.807) is 0 Å². The van der Waals surface area contributed by atoms with E-state index in [0.29, 0.717) is 10.2 Å². The van der Waals surface area contributed by atoms with E-state index in [9.17, 15) is 0 Å². The quantitative estimate of drug-likeness (QED) is 0.429. The molecule has 0 aromatic carbocycles. The highest BCUT2D eigenvalue weighted by Gasteiger charge is 2.43. The molecule has 2 rings (SSSR count). The zero-order valence-electron chi connectivity index (χ0n) is 7.21. The minimum Gasteiger partial charge on any atom is -0.365 e. The molecule has 0 radical (unpaired) electrons. The maximum Gasteiger partial charge on any atom is 0.103 e. The van der Waals surface area contributed by atoms with Crippen LogP contribution in [-0.4, -0.2) is 14.7 Å². The first kappa shape index (κ1) is 8.88. The second kappa shape index (κ2) is 3.58. The summed E-state index contributed by atoms with van der Waals surface area (Å²) in [5, 5.41) is 0. The second-order valence-corrected chi connectivity index (χ2v) is 5.89. The van der Waals surface area contributed by atoms with Crippen molar-refractivity contribution in [1.82, 2.24) is 0 Å². The molecule has 4 atom stereocenters. The van der Waals surface area contributed by atoms with Gasteiger partial charge in [-0.15, -0.1) is 6.58 Å². The molecule has 0 spiro atoms. The summed E-state index contributed by atoms with van der Waals surface area (Å²) in [7, 11) is 0. The molecule has 4 unspecified atom stereocenters. The van der Waals surface area contributed by atoms with E-state index >= 15 is 0 Å². The highest BCUT2D eigenvalue weighted by molar-refractivity contribution is 14.2. The van der Waals surface area contributed by atoms with E-state index in [-0.39, 0.29) is 20.7 Å². The lowest BCUT2D eigenvalue weighted by atomic mass is 9.68. The van der Waals surface area contributed by atoms with E-state index in [4.69, 9.17) is 4.74 Å². The second-order valence-electron chi connectivity index (χ2n) is 3.62. The lowest BCUT2D eigenvalue weighted by Gasteiger charge is -2.48. The van der Waals surface area contributed by atoms with Crippen LogP contribution in [0.25, 0.3) is 0 Å². The number of halogens is 1. The number of alkyl halides is 1. The fourth-order valence-electron chi connectivity index (χ4n) is 2.22. The molecule has 1 saturated carbocycles. The molecule has 0 aromatic heterocycles. The Bertz CT molecular complexity index is 194. The van der Waals surface area contributed by atoms with Gasteiger partial charge in [-0.3, -0.25) is 0 Å². The van der Waals surface area contributed by atoms with Gasteiger partial charge in [0.25, 0.3) is 0 Å². The minimum atomic E-state index is 0.0565. The zero-order chi connectivity index (χ0) is 8.55. The summed E-state index contributed by atoms with van der Waals surface area (Å²) in [6, 6.07) is 0. The average Bonchev–Trinajstić information content (AvgIpc) is 2.07. The largest absolute Gasteiger partial charge is 0.365 e. The normalized spacial score (nSPS) is 46.0. The number of hydrogen-bond donors (Lipinski definition) is 0. The number of allylic oxidation sites excluding steroid dienone is 1. The number of ether oxygens (including phenoxy) is 1. The average molecular weight is 278 g/mol. The van der Waals surface area contributed by atoms with Gasteiger partial charge in [0, 0.05) is 0 Å². The van der Waals surface area contributed by atoms with Gasteiger partial charge in [0.1, 0.15) is 4.11 Å². The van der Waals surface area contributed by atoms with Crippen LogP contribution in [-0.2, 0) is 4.74 Å². The molecule has 1 saturated heterocycles. The fraction of sp³-hybridized carbons (Fsp3) is 0.700. The summed E-state index contributed by atoms with van der Waals surface area (Å²) in [5.74, 6) is 1.55. The van der Waals surface area contributed by atoms with Crippen LogP contribution in [0.2, 0.25) is 0 Å². The number of fused-ring (bicyclic) bond motifs is 1. The highest BCUT2D eigenvalue weighted by atomic mass is 127. The van der Waals surface area contributed by atoms with Crippen LogP contribution in [0.1, 0.15) is 19.3 Å². The third-order valence-electron chi connectivity index (χ3n) is 3.06. The molecule has 1 aliphatic heterocycles. The van der Waals surface area contributed by atoms with Crippen molar-refractivity contribution in [3.05, 3.63) is 12.7 Å². The molecule has 1 heterocycles. The van der Waals surface area contributed by atoms with Gasteiger partial charge in [-0.25, -0.2) is 0 Å². The summed E-state index contributed by atoms with van der Waals surface area (Å²) < 4.78 is 10.5. The Morgan fingerprint density at radius 1 is 1.42 bits per heavy atom. The lowest BCUT2D eigenvalue weighted by molar-refractivity contribution is -0.114. The molecular weight excluding hydrogens is 263 g/mol. The SMILES string of the molecule is C=CC1CC2OC(I=C)CCC12. The maximum atomic E-state index is 5.91. The first-order chi connectivity index (χ1) is 5.85. The molecule has 12 heavy (non-hydrogen) atoms. The van der Waals surface area contributed by atoms with Crippen LogP contribution >= 0.6 is 20.7 Å². The Kier molecular flexibility index (Phi) is 2.65. The van der Waals surface area contributed by atoms with Gasteiger partial charge in [-0.2, -0.15) is 0 Å². The molecule has 1 aliphatic carbocycles. The van der Waals surface area contributed by atoms with Crippen LogP contribution in [0.5, 0.6) is 0 Å². The predicted octanol–water partition coefficient (Wildman–Crippen LogP) is 2.72. The smallest absolute Gasteiger partial charge is 0.103 e. The van der Waals surface area contributed by atoms with Gasteiger partial charge in [0.15, 0.2) is 0 Å². The molecule has 0 N–H and O–H groups in total.